The van der Waals surface area contributed by atoms with Crippen molar-refractivity contribution in [2.45, 2.75) is 38.6 Å². The van der Waals surface area contributed by atoms with Gasteiger partial charge in [0.1, 0.15) is 5.75 Å². The van der Waals surface area contributed by atoms with Gasteiger partial charge in [0.2, 0.25) is 5.91 Å². The molecule has 1 saturated carbocycles. The van der Waals surface area contributed by atoms with Crippen molar-refractivity contribution in [2.75, 3.05) is 18.6 Å². The Morgan fingerprint density at radius 1 is 1.00 bits per heavy atom. The van der Waals surface area contributed by atoms with Gasteiger partial charge in [0.15, 0.2) is 0 Å². The number of hydrogen-bond acceptors (Lipinski definition) is 3. The number of methoxy groups -OCH3 is 1. The zero-order chi connectivity index (χ0) is 23.4. The van der Waals surface area contributed by atoms with Crippen molar-refractivity contribution in [1.82, 2.24) is 0 Å². The molecule has 4 nitrogen and oxygen atoms in total. The number of anilines is 1. The maximum Gasteiger partial charge on any atom is 0.230 e. The average molecular weight is 443 g/mol. The lowest BCUT2D eigenvalue weighted by Crippen LogP contribution is -2.45. The van der Waals surface area contributed by atoms with Crippen molar-refractivity contribution in [3.63, 3.8) is 0 Å². The summed E-state index contributed by atoms with van der Waals surface area (Å²) in [6.45, 7) is 4.84. The van der Waals surface area contributed by atoms with Crippen molar-refractivity contribution in [2.24, 2.45) is 17.6 Å². The second kappa shape index (κ2) is 10.2. The summed E-state index contributed by atoms with van der Waals surface area (Å²) >= 11 is 0. The van der Waals surface area contributed by atoms with Crippen LogP contribution in [0.1, 0.15) is 38.2 Å². The Bertz CT molecular complexity index is 1050. The third-order valence-electron chi connectivity index (χ3n) is 6.97. The predicted octanol–water partition coefficient (Wildman–Crippen LogP) is 5.87. The summed E-state index contributed by atoms with van der Waals surface area (Å²) in [5, 5.41) is 0. The molecule has 1 aliphatic carbocycles. The number of amides is 1. The van der Waals surface area contributed by atoms with Crippen LogP contribution in [-0.2, 0) is 4.79 Å². The van der Waals surface area contributed by atoms with E-state index in [-0.39, 0.29) is 17.9 Å². The Morgan fingerprint density at radius 3 is 2.18 bits per heavy atom. The second-order valence-electron chi connectivity index (χ2n) is 9.13. The molecule has 0 heterocycles. The van der Waals surface area contributed by atoms with Crippen LogP contribution < -0.4 is 15.4 Å². The summed E-state index contributed by atoms with van der Waals surface area (Å²) in [6.07, 6.45) is 1.90. The molecule has 3 aromatic rings. The number of nitrogens with two attached hydrogens (primary N) is 1. The lowest BCUT2D eigenvalue weighted by atomic mass is 9.98. The van der Waals surface area contributed by atoms with Gasteiger partial charge in [-0.3, -0.25) is 4.79 Å². The number of hydrogen-bond donors (Lipinski definition) is 1. The summed E-state index contributed by atoms with van der Waals surface area (Å²) in [5.41, 5.74) is 10.9. The highest BCUT2D eigenvalue weighted by atomic mass is 16.5. The molecule has 1 amide bonds. The molecule has 0 aromatic heterocycles. The third kappa shape index (κ3) is 5.28. The molecule has 0 aliphatic heterocycles. The first-order valence-corrected chi connectivity index (χ1v) is 11.9. The standard InChI is InChI=1S/C29H34N2O2/c1-4-20(2)28(30)19-31(29(32)27-18-26(27)23-8-6-5-7-9-23)24-14-10-21(11-15-24)22-12-16-25(33-3)17-13-22/h5-17,20,26-28H,4,18-19,30H2,1-3H3/t20-,26-,27+,28+/m0/s1. The highest BCUT2D eigenvalue weighted by Crippen LogP contribution is 2.49. The molecule has 0 radical (unpaired) electrons. The molecule has 4 atom stereocenters. The van der Waals surface area contributed by atoms with Gasteiger partial charge >= 0.3 is 0 Å². The first kappa shape index (κ1) is 23.1. The molecule has 0 unspecified atom stereocenters. The van der Waals surface area contributed by atoms with Crippen molar-refractivity contribution in [1.29, 1.82) is 0 Å². The quantitative estimate of drug-likeness (QED) is 0.451. The number of nitrogens with zero attached hydrogens (tertiary/aromatic N) is 1. The van der Waals surface area contributed by atoms with Crippen molar-refractivity contribution in [3.05, 3.63) is 84.4 Å². The molecule has 2 N–H and O–H groups in total. The van der Waals surface area contributed by atoms with Gasteiger partial charge in [-0.25, -0.2) is 0 Å². The molecule has 1 aliphatic rings. The van der Waals surface area contributed by atoms with E-state index in [1.807, 2.05) is 59.5 Å². The van der Waals surface area contributed by atoms with E-state index in [1.165, 1.54) is 5.56 Å². The summed E-state index contributed by atoms with van der Waals surface area (Å²) in [7, 11) is 1.67. The van der Waals surface area contributed by atoms with Crippen LogP contribution in [0.4, 0.5) is 5.69 Å². The molecule has 0 spiro atoms. The highest BCUT2D eigenvalue weighted by Gasteiger charge is 2.46. The molecule has 4 heteroatoms. The van der Waals surface area contributed by atoms with Crippen LogP contribution in [0.3, 0.4) is 0 Å². The fourth-order valence-corrected chi connectivity index (χ4v) is 4.37. The maximum atomic E-state index is 13.6. The number of carbonyl (C=O) groups is 1. The minimum absolute atomic E-state index is 0.0257. The first-order valence-electron chi connectivity index (χ1n) is 11.9. The molecule has 4 rings (SSSR count). The summed E-state index contributed by atoms with van der Waals surface area (Å²) in [5.74, 6) is 1.70. The van der Waals surface area contributed by atoms with E-state index >= 15 is 0 Å². The number of rotatable bonds is 9. The van der Waals surface area contributed by atoms with Crippen LogP contribution >= 0.6 is 0 Å². The molecular weight excluding hydrogens is 408 g/mol. The van der Waals surface area contributed by atoms with Gasteiger partial charge in [-0.2, -0.15) is 0 Å². The zero-order valence-corrected chi connectivity index (χ0v) is 19.8. The van der Waals surface area contributed by atoms with Crippen LogP contribution in [-0.4, -0.2) is 25.6 Å². The van der Waals surface area contributed by atoms with E-state index in [2.05, 4.69) is 38.1 Å². The monoisotopic (exact) mass is 442 g/mol. The minimum atomic E-state index is -0.0610. The predicted molar refractivity (Wildman–Crippen MR) is 136 cm³/mol. The van der Waals surface area contributed by atoms with Gasteiger partial charge < -0.3 is 15.4 Å². The Kier molecular flexibility index (Phi) is 7.14. The zero-order valence-electron chi connectivity index (χ0n) is 19.8. The van der Waals surface area contributed by atoms with Crippen molar-refractivity contribution < 1.29 is 9.53 Å². The van der Waals surface area contributed by atoms with Crippen LogP contribution in [0.15, 0.2) is 78.9 Å². The van der Waals surface area contributed by atoms with Crippen molar-refractivity contribution >= 4 is 11.6 Å². The Labute approximate surface area is 197 Å². The second-order valence-corrected chi connectivity index (χ2v) is 9.13. The Hall–Kier alpha value is -3.11. The highest BCUT2D eigenvalue weighted by molar-refractivity contribution is 5.97. The van der Waals surface area contributed by atoms with Gasteiger partial charge in [0, 0.05) is 24.2 Å². The van der Waals surface area contributed by atoms with E-state index in [4.69, 9.17) is 10.5 Å². The van der Waals surface area contributed by atoms with E-state index in [0.717, 1.165) is 35.4 Å². The van der Waals surface area contributed by atoms with Gasteiger partial charge in [-0.05, 0) is 59.2 Å². The third-order valence-corrected chi connectivity index (χ3v) is 6.97. The molecule has 33 heavy (non-hydrogen) atoms. The van der Waals surface area contributed by atoms with E-state index < -0.39 is 0 Å². The van der Waals surface area contributed by atoms with Crippen LogP contribution in [0.5, 0.6) is 5.75 Å². The van der Waals surface area contributed by atoms with Gasteiger partial charge in [-0.15, -0.1) is 0 Å². The normalized spacial score (nSPS) is 18.9. The molecule has 0 saturated heterocycles. The fraction of sp³-hybridized carbons (Fsp3) is 0.345. The smallest absolute Gasteiger partial charge is 0.230 e. The fourth-order valence-electron chi connectivity index (χ4n) is 4.37. The topological polar surface area (TPSA) is 55.6 Å². The van der Waals surface area contributed by atoms with Crippen LogP contribution in [0, 0.1) is 11.8 Å². The van der Waals surface area contributed by atoms with E-state index in [1.54, 1.807) is 7.11 Å². The molecular formula is C29H34N2O2. The molecule has 172 valence electrons. The lowest BCUT2D eigenvalue weighted by Gasteiger charge is -2.29. The maximum absolute atomic E-state index is 13.6. The summed E-state index contributed by atoms with van der Waals surface area (Å²) in [6, 6.07) is 26.5. The van der Waals surface area contributed by atoms with Crippen LogP contribution in [0.25, 0.3) is 11.1 Å². The largest absolute Gasteiger partial charge is 0.497 e. The van der Waals surface area contributed by atoms with Gasteiger partial charge in [0.05, 0.1) is 7.11 Å². The summed E-state index contributed by atoms with van der Waals surface area (Å²) < 4.78 is 5.26. The Morgan fingerprint density at radius 2 is 1.61 bits per heavy atom. The minimum Gasteiger partial charge on any atom is -0.497 e. The first-order chi connectivity index (χ1) is 16.0. The SMILES string of the molecule is CC[C@H](C)[C@H](N)CN(C(=O)[C@@H]1C[C@H]1c1ccccc1)c1ccc(-c2ccc(OC)cc2)cc1. The molecule has 1 fully saturated rings. The average Bonchev–Trinajstić information content (AvgIpc) is 3.68. The lowest BCUT2D eigenvalue weighted by molar-refractivity contribution is -0.120. The van der Waals surface area contributed by atoms with E-state index in [9.17, 15) is 4.79 Å². The van der Waals surface area contributed by atoms with Crippen molar-refractivity contribution in [3.8, 4) is 16.9 Å². The number of carbonyl (C=O) groups excluding carboxylic acids is 1. The molecule has 0 bridgehead atoms. The van der Waals surface area contributed by atoms with Gasteiger partial charge in [0.25, 0.3) is 0 Å². The number of ether oxygens (including phenoxy) is 1. The number of benzene rings is 3. The summed E-state index contributed by atoms with van der Waals surface area (Å²) in [4.78, 5) is 15.5. The molecule has 3 aromatic carbocycles. The Balaban J connectivity index is 1.55. The van der Waals surface area contributed by atoms with E-state index in [0.29, 0.717) is 18.4 Å². The van der Waals surface area contributed by atoms with Crippen LogP contribution in [0.2, 0.25) is 0 Å². The van der Waals surface area contributed by atoms with Gasteiger partial charge in [-0.1, -0.05) is 74.9 Å².